The van der Waals surface area contributed by atoms with Crippen LogP contribution in [0.2, 0.25) is 0 Å². The van der Waals surface area contributed by atoms with Crippen LogP contribution in [0.15, 0.2) is 18.2 Å². The summed E-state index contributed by atoms with van der Waals surface area (Å²) in [7, 11) is 0. The zero-order chi connectivity index (χ0) is 9.52. The van der Waals surface area contributed by atoms with Gasteiger partial charge in [-0.1, -0.05) is 31.9 Å². The molecule has 0 aliphatic carbocycles. The fraction of sp³-hybridized carbons (Fsp3) is 0.500. The molecule has 0 aliphatic rings. The number of hydrogen-bond donors (Lipinski definition) is 0. The van der Waals surface area contributed by atoms with Crippen LogP contribution < -0.4 is 4.74 Å². The Labute approximate surface area is 80.7 Å². The summed E-state index contributed by atoms with van der Waals surface area (Å²) in [6, 6.07) is 9.02. The molecule has 1 heteroatoms. The van der Waals surface area contributed by atoms with Gasteiger partial charge in [-0.05, 0) is 25.0 Å². The van der Waals surface area contributed by atoms with Crippen molar-refractivity contribution in [1.82, 2.24) is 0 Å². The minimum atomic E-state index is 0.813. The molecular formula is C12H17O. The van der Waals surface area contributed by atoms with Crippen LogP contribution in [-0.4, -0.2) is 6.61 Å². The van der Waals surface area contributed by atoms with E-state index >= 15 is 0 Å². The second-order valence-electron chi connectivity index (χ2n) is 3.29. The van der Waals surface area contributed by atoms with Gasteiger partial charge in [0, 0.05) is 6.07 Å². The predicted molar refractivity (Wildman–Crippen MR) is 55.0 cm³/mol. The summed E-state index contributed by atoms with van der Waals surface area (Å²) < 4.78 is 5.53. The predicted octanol–water partition coefficient (Wildman–Crippen LogP) is 3.36. The van der Waals surface area contributed by atoms with Crippen molar-refractivity contribution in [1.29, 1.82) is 0 Å². The number of aryl methyl sites for hydroxylation is 1. The van der Waals surface area contributed by atoms with E-state index in [1.165, 1.54) is 18.4 Å². The van der Waals surface area contributed by atoms with Gasteiger partial charge in [-0.2, -0.15) is 0 Å². The molecule has 0 aliphatic heterocycles. The normalized spacial score (nSPS) is 10.0. The molecule has 0 amide bonds. The number of benzene rings is 1. The van der Waals surface area contributed by atoms with Gasteiger partial charge in [-0.25, -0.2) is 0 Å². The molecule has 0 saturated heterocycles. The van der Waals surface area contributed by atoms with Crippen LogP contribution in [0.25, 0.3) is 0 Å². The summed E-state index contributed by atoms with van der Waals surface area (Å²) >= 11 is 0. The van der Waals surface area contributed by atoms with Crippen LogP contribution in [-0.2, 0) is 0 Å². The third-order valence-corrected chi connectivity index (χ3v) is 1.94. The Hall–Kier alpha value is -0.980. The van der Waals surface area contributed by atoms with Crippen LogP contribution in [0.4, 0.5) is 0 Å². The second kappa shape index (κ2) is 5.63. The molecular weight excluding hydrogens is 160 g/mol. The molecule has 0 atom stereocenters. The highest BCUT2D eigenvalue weighted by Crippen LogP contribution is 2.11. The Kier molecular flexibility index (Phi) is 4.37. The van der Waals surface area contributed by atoms with Crippen LogP contribution in [0.5, 0.6) is 5.75 Å². The SMILES string of the molecule is CCCCCOc1[c]ccc(C)c1. The first-order chi connectivity index (χ1) is 6.33. The standard InChI is InChI=1S/C12H17O/c1-3-4-5-9-13-12-8-6-7-11(2)10-12/h6-7,10H,3-5,9H2,1-2H3. The molecule has 1 aromatic carbocycles. The number of hydrogen-bond acceptors (Lipinski definition) is 1. The monoisotopic (exact) mass is 177 g/mol. The molecule has 0 saturated carbocycles. The zero-order valence-corrected chi connectivity index (χ0v) is 8.47. The third-order valence-electron chi connectivity index (χ3n) is 1.94. The first-order valence-corrected chi connectivity index (χ1v) is 4.94. The third kappa shape index (κ3) is 3.97. The number of ether oxygens (including phenoxy) is 1. The molecule has 0 spiro atoms. The Balaban J connectivity index is 2.28. The van der Waals surface area contributed by atoms with Gasteiger partial charge >= 0.3 is 0 Å². The van der Waals surface area contributed by atoms with Gasteiger partial charge in [-0.3, -0.25) is 0 Å². The van der Waals surface area contributed by atoms with Crippen LogP contribution in [0, 0.1) is 13.0 Å². The molecule has 0 fully saturated rings. The fourth-order valence-electron chi connectivity index (χ4n) is 1.17. The highest BCUT2D eigenvalue weighted by molar-refractivity contribution is 5.25. The second-order valence-corrected chi connectivity index (χ2v) is 3.29. The summed E-state index contributed by atoms with van der Waals surface area (Å²) in [5.41, 5.74) is 1.23. The average molecular weight is 177 g/mol. The molecule has 0 unspecified atom stereocenters. The Morgan fingerprint density at radius 1 is 1.38 bits per heavy atom. The lowest BCUT2D eigenvalue weighted by Crippen LogP contribution is -1.96. The highest BCUT2D eigenvalue weighted by Gasteiger charge is 1.93. The minimum Gasteiger partial charge on any atom is -0.493 e. The molecule has 1 aromatic rings. The summed E-state index contributed by atoms with van der Waals surface area (Å²) in [4.78, 5) is 0. The molecule has 1 radical (unpaired) electrons. The summed E-state index contributed by atoms with van der Waals surface area (Å²) in [5.74, 6) is 0.871. The van der Waals surface area contributed by atoms with Crippen molar-refractivity contribution in [2.24, 2.45) is 0 Å². The zero-order valence-electron chi connectivity index (χ0n) is 8.47. The van der Waals surface area contributed by atoms with Crippen molar-refractivity contribution in [3.05, 3.63) is 29.8 Å². The number of rotatable bonds is 5. The lowest BCUT2D eigenvalue weighted by atomic mass is 10.2. The Morgan fingerprint density at radius 2 is 2.23 bits per heavy atom. The van der Waals surface area contributed by atoms with E-state index in [-0.39, 0.29) is 0 Å². The van der Waals surface area contributed by atoms with Crippen molar-refractivity contribution in [2.75, 3.05) is 6.61 Å². The van der Waals surface area contributed by atoms with Gasteiger partial charge in [0.15, 0.2) is 0 Å². The van der Waals surface area contributed by atoms with Gasteiger partial charge in [-0.15, -0.1) is 0 Å². The topological polar surface area (TPSA) is 9.23 Å². The van der Waals surface area contributed by atoms with Crippen molar-refractivity contribution in [3.8, 4) is 5.75 Å². The van der Waals surface area contributed by atoms with Crippen molar-refractivity contribution in [2.45, 2.75) is 33.1 Å². The molecule has 1 rings (SSSR count). The smallest absolute Gasteiger partial charge is 0.127 e. The van der Waals surface area contributed by atoms with Crippen LogP contribution in [0.1, 0.15) is 31.7 Å². The highest BCUT2D eigenvalue weighted by atomic mass is 16.5. The summed E-state index contributed by atoms with van der Waals surface area (Å²) in [5, 5.41) is 0. The maximum absolute atomic E-state index is 5.53. The Morgan fingerprint density at radius 3 is 2.92 bits per heavy atom. The molecule has 1 nitrogen and oxygen atoms in total. The van der Waals surface area contributed by atoms with E-state index in [1.807, 2.05) is 18.2 Å². The van der Waals surface area contributed by atoms with Crippen molar-refractivity contribution < 1.29 is 4.74 Å². The van der Waals surface area contributed by atoms with Gasteiger partial charge in [0.2, 0.25) is 0 Å². The van der Waals surface area contributed by atoms with E-state index in [0.29, 0.717) is 0 Å². The first kappa shape index (κ1) is 10.1. The van der Waals surface area contributed by atoms with E-state index in [0.717, 1.165) is 18.8 Å². The quantitative estimate of drug-likeness (QED) is 0.626. The summed E-state index contributed by atoms with van der Waals surface area (Å²) in [6.45, 7) is 5.07. The molecule has 0 heterocycles. The van der Waals surface area contributed by atoms with Gasteiger partial charge < -0.3 is 4.74 Å². The summed E-state index contributed by atoms with van der Waals surface area (Å²) in [6.07, 6.45) is 3.62. The molecule has 0 bridgehead atoms. The van der Waals surface area contributed by atoms with Crippen LogP contribution >= 0.6 is 0 Å². The van der Waals surface area contributed by atoms with E-state index in [9.17, 15) is 0 Å². The van der Waals surface area contributed by atoms with Gasteiger partial charge in [0.1, 0.15) is 5.75 Å². The van der Waals surface area contributed by atoms with E-state index in [4.69, 9.17) is 4.74 Å². The van der Waals surface area contributed by atoms with E-state index in [2.05, 4.69) is 19.9 Å². The molecule has 0 aromatic heterocycles. The van der Waals surface area contributed by atoms with E-state index < -0.39 is 0 Å². The molecule has 13 heavy (non-hydrogen) atoms. The average Bonchev–Trinajstić information content (AvgIpc) is 2.13. The molecule has 71 valence electrons. The molecule has 0 N–H and O–H groups in total. The minimum absolute atomic E-state index is 0.813. The lowest BCUT2D eigenvalue weighted by molar-refractivity contribution is 0.305. The number of unbranched alkanes of at least 4 members (excludes halogenated alkanes) is 2. The maximum atomic E-state index is 5.53. The Bertz CT molecular complexity index is 243. The van der Waals surface area contributed by atoms with Crippen molar-refractivity contribution >= 4 is 0 Å². The van der Waals surface area contributed by atoms with Gasteiger partial charge in [0.25, 0.3) is 0 Å². The first-order valence-electron chi connectivity index (χ1n) is 4.94. The van der Waals surface area contributed by atoms with Crippen LogP contribution in [0.3, 0.4) is 0 Å². The maximum Gasteiger partial charge on any atom is 0.127 e. The van der Waals surface area contributed by atoms with E-state index in [1.54, 1.807) is 0 Å². The lowest BCUT2D eigenvalue weighted by Gasteiger charge is -2.05. The van der Waals surface area contributed by atoms with Crippen molar-refractivity contribution in [3.63, 3.8) is 0 Å². The van der Waals surface area contributed by atoms with Gasteiger partial charge in [0.05, 0.1) is 6.61 Å². The fourth-order valence-corrected chi connectivity index (χ4v) is 1.17. The largest absolute Gasteiger partial charge is 0.493 e.